The standard InChI is InChI=1S/C33H27Cl2N5O2S/c1-21-29(31(41)37-26-10-6-3-7-11-26)30(40-32(36-21)38-33(39-40)43-20-22-8-4-2-5-9-22)23-13-16-27(17-14-23)42-19-24-12-15-25(34)18-28(24)35/h2-18,30H,19-20H2,1H3,(H,37,41)(H,36,38,39). The molecule has 1 atom stereocenters. The number of benzene rings is 4. The van der Waals surface area contributed by atoms with Crippen LogP contribution in [-0.2, 0) is 17.2 Å². The molecule has 0 fully saturated rings. The second-order valence-corrected chi connectivity index (χ2v) is 11.7. The van der Waals surface area contributed by atoms with Crippen LogP contribution in [0.5, 0.6) is 5.75 Å². The van der Waals surface area contributed by atoms with E-state index in [0.717, 1.165) is 16.9 Å². The SMILES string of the molecule is CC1=C(C(=O)Nc2ccccc2)C(c2ccc(OCc3ccc(Cl)cc3Cl)cc2)n2nc(SCc3ccccc3)nc2N1. The van der Waals surface area contributed by atoms with Gasteiger partial charge in [-0.05, 0) is 54.4 Å². The van der Waals surface area contributed by atoms with Gasteiger partial charge < -0.3 is 15.4 Å². The highest BCUT2D eigenvalue weighted by atomic mass is 35.5. The zero-order chi connectivity index (χ0) is 29.8. The average molecular weight is 629 g/mol. The summed E-state index contributed by atoms with van der Waals surface area (Å²) in [4.78, 5) is 18.5. The number of halogens is 2. The number of hydrogen-bond acceptors (Lipinski definition) is 6. The fourth-order valence-corrected chi connectivity index (χ4v) is 6.03. The number of anilines is 2. The highest BCUT2D eigenvalue weighted by molar-refractivity contribution is 7.98. The minimum atomic E-state index is -0.515. The summed E-state index contributed by atoms with van der Waals surface area (Å²) < 4.78 is 7.79. The van der Waals surface area contributed by atoms with Gasteiger partial charge in [0.2, 0.25) is 11.1 Å². The predicted molar refractivity (Wildman–Crippen MR) is 173 cm³/mol. The summed E-state index contributed by atoms with van der Waals surface area (Å²) in [5, 5.41) is 12.9. The first-order valence-corrected chi connectivity index (χ1v) is 15.3. The Bertz CT molecular complexity index is 1780. The Kier molecular flexibility index (Phi) is 8.69. The van der Waals surface area contributed by atoms with Gasteiger partial charge in [0.05, 0.1) is 5.57 Å². The number of carbonyl (C=O) groups excluding carboxylic acids is 1. The Labute approximate surface area is 263 Å². The van der Waals surface area contributed by atoms with Crippen molar-refractivity contribution in [2.45, 2.75) is 30.5 Å². The molecule has 0 aliphatic carbocycles. The zero-order valence-electron chi connectivity index (χ0n) is 23.1. The van der Waals surface area contributed by atoms with Gasteiger partial charge >= 0.3 is 0 Å². The van der Waals surface area contributed by atoms with Gasteiger partial charge in [0.15, 0.2) is 0 Å². The summed E-state index contributed by atoms with van der Waals surface area (Å²) in [5.41, 5.74) is 4.83. The fraction of sp³-hybridized carbons (Fsp3) is 0.121. The Morgan fingerprint density at radius 2 is 1.70 bits per heavy atom. The molecule has 5 aromatic rings. The quantitative estimate of drug-likeness (QED) is 0.160. The van der Waals surface area contributed by atoms with Crippen molar-refractivity contribution < 1.29 is 9.53 Å². The molecule has 0 radical (unpaired) electrons. The minimum absolute atomic E-state index is 0.224. The summed E-state index contributed by atoms with van der Waals surface area (Å²) in [6.07, 6.45) is 0. The van der Waals surface area contributed by atoms with Crippen molar-refractivity contribution in [3.8, 4) is 5.75 Å². The molecule has 7 nitrogen and oxygen atoms in total. The molecule has 0 spiro atoms. The first-order chi connectivity index (χ1) is 20.9. The number of carbonyl (C=O) groups is 1. The van der Waals surface area contributed by atoms with E-state index in [2.05, 4.69) is 22.8 Å². The number of thioether (sulfide) groups is 1. The number of ether oxygens (including phenoxy) is 1. The molecular weight excluding hydrogens is 601 g/mol. The number of amides is 1. The van der Waals surface area contributed by atoms with Gasteiger partial charge in [-0.3, -0.25) is 4.79 Å². The van der Waals surface area contributed by atoms with Crippen molar-refractivity contribution in [3.05, 3.63) is 141 Å². The zero-order valence-corrected chi connectivity index (χ0v) is 25.5. The number of rotatable bonds is 9. The molecule has 43 heavy (non-hydrogen) atoms. The van der Waals surface area contributed by atoms with E-state index in [1.54, 1.807) is 28.6 Å². The molecule has 0 saturated heterocycles. The van der Waals surface area contributed by atoms with Crippen molar-refractivity contribution in [1.29, 1.82) is 0 Å². The van der Waals surface area contributed by atoms with E-state index < -0.39 is 6.04 Å². The molecule has 2 N–H and O–H groups in total. The third-order valence-electron chi connectivity index (χ3n) is 6.93. The third-order valence-corrected chi connectivity index (χ3v) is 8.42. The number of para-hydroxylation sites is 1. The molecule has 1 aliphatic rings. The normalized spacial score (nSPS) is 14.2. The van der Waals surface area contributed by atoms with Gasteiger partial charge in [-0.2, -0.15) is 4.98 Å². The lowest BCUT2D eigenvalue weighted by molar-refractivity contribution is -0.113. The number of aromatic nitrogens is 3. The van der Waals surface area contributed by atoms with Crippen molar-refractivity contribution in [2.24, 2.45) is 0 Å². The van der Waals surface area contributed by atoms with Crippen molar-refractivity contribution in [3.63, 3.8) is 0 Å². The van der Waals surface area contributed by atoms with Gasteiger partial charge in [0, 0.05) is 32.7 Å². The Morgan fingerprint density at radius 1 is 0.977 bits per heavy atom. The van der Waals surface area contributed by atoms with E-state index in [9.17, 15) is 4.79 Å². The second-order valence-electron chi connectivity index (χ2n) is 9.92. The lowest BCUT2D eigenvalue weighted by Gasteiger charge is -2.28. The largest absolute Gasteiger partial charge is 0.489 e. The van der Waals surface area contributed by atoms with Crippen molar-refractivity contribution in [2.75, 3.05) is 10.6 Å². The smallest absolute Gasteiger partial charge is 0.255 e. The average Bonchev–Trinajstić information content (AvgIpc) is 3.42. The maximum atomic E-state index is 13.7. The van der Waals surface area contributed by atoms with Crippen LogP contribution in [-0.4, -0.2) is 20.7 Å². The van der Waals surface area contributed by atoms with Crippen molar-refractivity contribution >= 4 is 52.5 Å². The molecule has 0 saturated carbocycles. The van der Waals surface area contributed by atoms with E-state index in [1.807, 2.05) is 85.8 Å². The van der Waals surface area contributed by atoms with Gasteiger partial charge in [0.1, 0.15) is 18.4 Å². The molecule has 10 heteroatoms. The van der Waals surface area contributed by atoms with E-state index in [4.69, 9.17) is 38.0 Å². The number of nitrogens with one attached hydrogen (secondary N) is 2. The molecule has 2 heterocycles. The molecule has 6 rings (SSSR count). The lowest BCUT2D eigenvalue weighted by Crippen LogP contribution is -2.31. The monoisotopic (exact) mass is 627 g/mol. The highest BCUT2D eigenvalue weighted by Gasteiger charge is 2.34. The summed E-state index contributed by atoms with van der Waals surface area (Å²) in [5.74, 6) is 1.75. The molecule has 1 aliphatic heterocycles. The molecule has 1 amide bonds. The molecular formula is C33H27Cl2N5O2S. The van der Waals surface area contributed by atoms with Crippen LogP contribution in [0.1, 0.15) is 29.7 Å². The predicted octanol–water partition coefficient (Wildman–Crippen LogP) is 8.38. The first kappa shape index (κ1) is 28.9. The van der Waals surface area contributed by atoms with Crippen LogP contribution in [0.4, 0.5) is 11.6 Å². The van der Waals surface area contributed by atoms with E-state index in [0.29, 0.717) is 50.5 Å². The lowest BCUT2D eigenvalue weighted by atomic mass is 9.95. The van der Waals surface area contributed by atoms with E-state index >= 15 is 0 Å². The number of allylic oxidation sites excluding steroid dienone is 1. The molecule has 1 unspecified atom stereocenters. The summed E-state index contributed by atoms with van der Waals surface area (Å²) in [6.45, 7) is 2.18. The fourth-order valence-electron chi connectivity index (χ4n) is 4.78. The van der Waals surface area contributed by atoms with Crippen molar-refractivity contribution in [1.82, 2.24) is 14.8 Å². The van der Waals surface area contributed by atoms with Crippen LogP contribution in [0.25, 0.3) is 0 Å². The van der Waals surface area contributed by atoms with E-state index in [-0.39, 0.29) is 5.91 Å². The van der Waals surface area contributed by atoms with Crippen LogP contribution in [0.15, 0.2) is 120 Å². The Hall–Kier alpha value is -4.24. The maximum absolute atomic E-state index is 13.7. The van der Waals surface area contributed by atoms with Gasteiger partial charge in [-0.1, -0.05) is 102 Å². The summed E-state index contributed by atoms with van der Waals surface area (Å²) in [7, 11) is 0. The first-order valence-electron chi connectivity index (χ1n) is 13.6. The topological polar surface area (TPSA) is 81.1 Å². The molecule has 1 aromatic heterocycles. The second kappa shape index (κ2) is 13.0. The maximum Gasteiger partial charge on any atom is 0.255 e. The Morgan fingerprint density at radius 3 is 2.42 bits per heavy atom. The van der Waals surface area contributed by atoms with E-state index in [1.165, 1.54) is 5.56 Å². The van der Waals surface area contributed by atoms with Gasteiger partial charge in [-0.25, -0.2) is 4.68 Å². The summed E-state index contributed by atoms with van der Waals surface area (Å²) in [6, 6.07) is 32.0. The van der Waals surface area contributed by atoms with Crippen LogP contribution >= 0.6 is 35.0 Å². The van der Waals surface area contributed by atoms with Crippen LogP contribution in [0.3, 0.4) is 0 Å². The highest BCUT2D eigenvalue weighted by Crippen LogP contribution is 2.37. The van der Waals surface area contributed by atoms with Crippen LogP contribution < -0.4 is 15.4 Å². The Balaban J connectivity index is 1.29. The van der Waals surface area contributed by atoms with Crippen LogP contribution in [0.2, 0.25) is 10.0 Å². The number of hydrogen-bond donors (Lipinski definition) is 2. The molecule has 4 aromatic carbocycles. The number of fused-ring (bicyclic) bond motifs is 1. The van der Waals surface area contributed by atoms with Gasteiger partial charge in [-0.15, -0.1) is 5.10 Å². The van der Waals surface area contributed by atoms with Crippen LogP contribution in [0, 0.1) is 0 Å². The minimum Gasteiger partial charge on any atom is -0.489 e. The molecule has 0 bridgehead atoms. The van der Waals surface area contributed by atoms with Gasteiger partial charge in [0.25, 0.3) is 5.91 Å². The third kappa shape index (κ3) is 6.72. The summed E-state index contributed by atoms with van der Waals surface area (Å²) >= 11 is 13.9. The molecule has 216 valence electrons. The number of nitrogens with zero attached hydrogens (tertiary/aromatic N) is 3.